The molecule has 0 aliphatic rings. The van der Waals surface area contributed by atoms with Crippen molar-refractivity contribution in [2.45, 2.75) is 31.6 Å². The Labute approximate surface area is 82.2 Å². The summed E-state index contributed by atoms with van der Waals surface area (Å²) in [6.45, 7) is 0.408. The Kier molecular flexibility index (Phi) is 6.39. The van der Waals surface area contributed by atoms with E-state index in [2.05, 4.69) is 5.32 Å². The largest absolute Gasteiger partial charge is 0.394 e. The number of carbonyl (C=O) groups is 1. The quantitative estimate of drug-likeness (QED) is 0.333. The number of amides is 1. The highest BCUT2D eigenvalue weighted by Crippen LogP contribution is 2.02. The zero-order chi connectivity index (χ0) is 11.1. The lowest BCUT2D eigenvalue weighted by Gasteiger charge is -2.21. The van der Waals surface area contributed by atoms with Crippen molar-refractivity contribution in [2.24, 2.45) is 0 Å². The second kappa shape index (κ2) is 6.72. The van der Waals surface area contributed by atoms with Gasteiger partial charge in [-0.25, -0.2) is 0 Å². The van der Waals surface area contributed by atoms with E-state index < -0.39 is 24.9 Å². The molecule has 3 atom stereocenters. The van der Waals surface area contributed by atoms with Gasteiger partial charge in [0.2, 0.25) is 5.91 Å². The van der Waals surface area contributed by atoms with Crippen LogP contribution in [0, 0.1) is 0 Å². The van der Waals surface area contributed by atoms with Gasteiger partial charge in [-0.05, 0) is 6.42 Å². The summed E-state index contributed by atoms with van der Waals surface area (Å²) in [6.07, 6.45) is -2.42. The minimum Gasteiger partial charge on any atom is -0.394 e. The van der Waals surface area contributed by atoms with Crippen LogP contribution in [0.2, 0.25) is 0 Å². The number of carbonyl (C=O) groups excluding carboxylic acids is 1. The molecule has 0 heterocycles. The lowest BCUT2D eigenvalue weighted by molar-refractivity contribution is -0.120. The van der Waals surface area contributed by atoms with Gasteiger partial charge in [-0.15, -0.1) is 0 Å². The molecular weight excluding hydrogens is 190 g/mol. The molecule has 0 aromatic carbocycles. The Morgan fingerprint density at radius 3 is 2.14 bits per heavy atom. The van der Waals surface area contributed by atoms with Crippen molar-refractivity contribution in [3.05, 3.63) is 0 Å². The topological polar surface area (TPSA) is 110 Å². The Balaban J connectivity index is 3.97. The molecule has 6 nitrogen and oxygen atoms in total. The van der Waals surface area contributed by atoms with Crippen molar-refractivity contribution in [3.63, 3.8) is 0 Å². The fourth-order valence-electron chi connectivity index (χ4n) is 1.04. The monoisotopic (exact) mass is 207 g/mol. The summed E-state index contributed by atoms with van der Waals surface area (Å²) in [7, 11) is 0. The van der Waals surface area contributed by atoms with Crippen molar-refractivity contribution in [2.75, 3.05) is 13.2 Å². The van der Waals surface area contributed by atoms with Crippen molar-refractivity contribution in [1.29, 1.82) is 0 Å². The Bertz CT molecular complexity index is 175. The van der Waals surface area contributed by atoms with E-state index in [9.17, 15) is 9.90 Å². The maximum Gasteiger partial charge on any atom is 0.217 e. The molecule has 0 saturated heterocycles. The number of hydrogen-bond donors (Lipinski definition) is 5. The normalized spacial score (nSPS) is 17.2. The first-order chi connectivity index (χ1) is 6.51. The minimum absolute atomic E-state index is 0.00218. The van der Waals surface area contributed by atoms with Gasteiger partial charge < -0.3 is 25.7 Å². The number of aliphatic hydroxyl groups is 4. The van der Waals surface area contributed by atoms with Crippen LogP contribution < -0.4 is 5.32 Å². The van der Waals surface area contributed by atoms with Gasteiger partial charge in [-0.2, -0.15) is 0 Å². The van der Waals surface area contributed by atoms with E-state index in [1.807, 2.05) is 0 Å². The molecular formula is C8H17NO5. The van der Waals surface area contributed by atoms with Gasteiger partial charge in [0.25, 0.3) is 0 Å². The highest BCUT2D eigenvalue weighted by atomic mass is 16.4. The molecule has 0 aliphatic carbocycles. The summed E-state index contributed by atoms with van der Waals surface area (Å²) in [6, 6.07) is -0.608. The summed E-state index contributed by atoms with van der Waals surface area (Å²) >= 11 is 0. The average molecular weight is 207 g/mol. The smallest absolute Gasteiger partial charge is 0.217 e. The second-order valence-electron chi connectivity index (χ2n) is 3.13. The van der Waals surface area contributed by atoms with Gasteiger partial charge >= 0.3 is 0 Å². The molecule has 0 aromatic rings. The van der Waals surface area contributed by atoms with Crippen LogP contribution in [0.4, 0.5) is 0 Å². The van der Waals surface area contributed by atoms with E-state index in [-0.39, 0.29) is 18.9 Å². The van der Waals surface area contributed by atoms with E-state index in [1.54, 1.807) is 0 Å². The zero-order valence-corrected chi connectivity index (χ0v) is 8.05. The van der Waals surface area contributed by atoms with Crippen LogP contribution in [0.1, 0.15) is 13.3 Å². The van der Waals surface area contributed by atoms with Crippen LogP contribution >= 0.6 is 0 Å². The first-order valence-corrected chi connectivity index (χ1v) is 4.36. The molecule has 1 amide bonds. The van der Waals surface area contributed by atoms with Gasteiger partial charge in [0.05, 0.1) is 25.4 Å². The molecule has 0 bridgehead atoms. The van der Waals surface area contributed by atoms with E-state index in [0.29, 0.717) is 0 Å². The van der Waals surface area contributed by atoms with Crippen LogP contribution in [-0.4, -0.2) is 57.8 Å². The van der Waals surface area contributed by atoms with E-state index in [1.165, 1.54) is 6.92 Å². The predicted molar refractivity (Wildman–Crippen MR) is 48.4 cm³/mol. The Hall–Kier alpha value is -0.690. The number of nitrogens with one attached hydrogen (secondary N) is 1. The highest BCUT2D eigenvalue weighted by Gasteiger charge is 2.20. The summed E-state index contributed by atoms with van der Waals surface area (Å²) in [5.41, 5.74) is 0. The fraction of sp³-hybridized carbons (Fsp3) is 0.875. The van der Waals surface area contributed by atoms with Crippen molar-refractivity contribution in [1.82, 2.24) is 5.32 Å². The molecule has 0 radical (unpaired) electrons. The number of rotatable bonds is 6. The molecule has 84 valence electrons. The van der Waals surface area contributed by atoms with Crippen LogP contribution in [0.3, 0.4) is 0 Å². The molecule has 5 N–H and O–H groups in total. The zero-order valence-electron chi connectivity index (χ0n) is 8.05. The molecule has 0 aromatic heterocycles. The first-order valence-electron chi connectivity index (χ1n) is 4.36. The lowest BCUT2D eigenvalue weighted by atomic mass is 10.1. The van der Waals surface area contributed by atoms with E-state index >= 15 is 0 Å². The van der Waals surface area contributed by atoms with Crippen LogP contribution in [0.5, 0.6) is 0 Å². The first kappa shape index (κ1) is 13.3. The van der Waals surface area contributed by atoms with Gasteiger partial charge in [-0.1, -0.05) is 0 Å². The molecule has 3 unspecified atom stereocenters. The third-order valence-corrected chi connectivity index (χ3v) is 1.78. The molecule has 0 fully saturated rings. The van der Waals surface area contributed by atoms with E-state index in [4.69, 9.17) is 15.3 Å². The molecule has 0 spiro atoms. The summed E-state index contributed by atoms with van der Waals surface area (Å²) in [5.74, 6) is -0.324. The molecule has 14 heavy (non-hydrogen) atoms. The molecule has 6 heteroatoms. The van der Waals surface area contributed by atoms with Crippen LogP contribution in [0.15, 0.2) is 0 Å². The second-order valence-corrected chi connectivity index (χ2v) is 3.13. The van der Waals surface area contributed by atoms with Crippen LogP contribution in [-0.2, 0) is 4.79 Å². The Morgan fingerprint density at radius 1 is 1.21 bits per heavy atom. The maximum atomic E-state index is 10.6. The van der Waals surface area contributed by atoms with Crippen molar-refractivity contribution in [3.8, 4) is 0 Å². The highest BCUT2D eigenvalue weighted by molar-refractivity contribution is 5.73. The van der Waals surface area contributed by atoms with E-state index in [0.717, 1.165) is 0 Å². The van der Waals surface area contributed by atoms with Gasteiger partial charge in [0, 0.05) is 6.92 Å². The fourth-order valence-corrected chi connectivity index (χ4v) is 1.04. The molecule has 0 rings (SSSR count). The van der Waals surface area contributed by atoms with Gasteiger partial charge in [0.1, 0.15) is 6.10 Å². The lowest BCUT2D eigenvalue weighted by Crippen LogP contribution is -2.42. The van der Waals surface area contributed by atoms with Gasteiger partial charge in [0.15, 0.2) is 0 Å². The number of aliphatic hydroxyl groups excluding tert-OH is 4. The minimum atomic E-state index is -1.25. The summed E-state index contributed by atoms with van der Waals surface area (Å²) in [5, 5.41) is 38.0. The SMILES string of the molecule is CC(=O)NC(CO)CC(O)C(O)CO. The maximum absolute atomic E-state index is 10.6. The Morgan fingerprint density at radius 2 is 1.79 bits per heavy atom. The third kappa shape index (κ3) is 5.13. The summed E-state index contributed by atoms with van der Waals surface area (Å²) < 4.78 is 0. The predicted octanol–water partition coefficient (Wildman–Crippen LogP) is -2.41. The van der Waals surface area contributed by atoms with Crippen molar-refractivity contribution < 1.29 is 25.2 Å². The molecule has 0 aliphatic heterocycles. The molecule has 0 saturated carbocycles. The average Bonchev–Trinajstić information content (AvgIpc) is 2.14. The van der Waals surface area contributed by atoms with Crippen molar-refractivity contribution >= 4 is 5.91 Å². The van der Waals surface area contributed by atoms with Gasteiger partial charge in [-0.3, -0.25) is 4.79 Å². The summed E-state index contributed by atoms with van der Waals surface area (Å²) in [4.78, 5) is 10.6. The standard InChI is InChI=1S/C8H17NO5/c1-5(12)9-6(3-10)2-7(13)8(14)4-11/h6-8,10-11,13-14H,2-4H2,1H3,(H,9,12). The third-order valence-electron chi connectivity index (χ3n) is 1.78. The number of hydrogen-bond acceptors (Lipinski definition) is 5. The van der Waals surface area contributed by atoms with Crippen LogP contribution in [0.25, 0.3) is 0 Å².